The Morgan fingerprint density at radius 3 is 1.93 bits per heavy atom. The zero-order valence-corrected chi connectivity index (χ0v) is 26.4. The maximum atomic E-state index is 14.5. The monoisotopic (exact) mass is 616 g/mol. The second-order valence-electron chi connectivity index (χ2n) is 13.8. The summed E-state index contributed by atoms with van der Waals surface area (Å²) in [5, 5.41) is 11.9. The molecular formula is C36H40O9. The fraction of sp³-hybridized carbons (Fsp3) is 0.500. The highest BCUT2D eigenvalue weighted by Gasteiger charge is 2.84. The van der Waals surface area contributed by atoms with Crippen molar-refractivity contribution in [3.8, 4) is 0 Å². The Hall–Kier alpha value is -3.82. The van der Waals surface area contributed by atoms with Gasteiger partial charge in [0.1, 0.15) is 24.4 Å². The van der Waals surface area contributed by atoms with E-state index in [1.807, 2.05) is 20.8 Å². The largest absolute Gasteiger partial charge is 0.461 e. The molecule has 1 N–H and O–H groups in total. The Kier molecular flexibility index (Phi) is 7.56. The van der Waals surface area contributed by atoms with Gasteiger partial charge in [-0.2, -0.15) is 0 Å². The van der Waals surface area contributed by atoms with Gasteiger partial charge >= 0.3 is 17.9 Å². The summed E-state index contributed by atoms with van der Waals surface area (Å²) in [6, 6.07) is 17.1. The molecule has 0 aromatic heterocycles. The molecule has 0 unspecified atom stereocenters. The number of epoxide rings is 1. The van der Waals surface area contributed by atoms with Crippen molar-refractivity contribution in [3.05, 3.63) is 83.4 Å². The van der Waals surface area contributed by atoms with Crippen molar-refractivity contribution < 1.29 is 43.2 Å². The molecule has 6 rings (SSSR count). The van der Waals surface area contributed by atoms with E-state index >= 15 is 0 Å². The van der Waals surface area contributed by atoms with Gasteiger partial charge in [0.25, 0.3) is 0 Å². The smallest absolute Gasteiger partial charge is 0.338 e. The molecule has 238 valence electrons. The number of hydrogen-bond acceptors (Lipinski definition) is 9. The van der Waals surface area contributed by atoms with Crippen LogP contribution in [0.25, 0.3) is 0 Å². The van der Waals surface area contributed by atoms with Crippen molar-refractivity contribution in [2.75, 3.05) is 0 Å². The Labute approximate surface area is 262 Å². The molecule has 4 aliphatic rings. The molecule has 0 spiro atoms. The molecule has 1 aliphatic heterocycles. The number of hydrogen-bond donors (Lipinski definition) is 1. The number of rotatable bonds is 5. The van der Waals surface area contributed by atoms with E-state index < -0.39 is 76.7 Å². The van der Waals surface area contributed by atoms with Crippen LogP contribution in [0, 0.1) is 29.1 Å². The van der Waals surface area contributed by atoms with Crippen molar-refractivity contribution in [1.29, 1.82) is 0 Å². The summed E-state index contributed by atoms with van der Waals surface area (Å²) in [6.07, 6.45) is -2.05. The predicted molar refractivity (Wildman–Crippen MR) is 162 cm³/mol. The summed E-state index contributed by atoms with van der Waals surface area (Å²) < 4.78 is 24.4. The number of esters is 3. The third kappa shape index (κ3) is 4.91. The minimum Gasteiger partial charge on any atom is -0.461 e. The number of fused-ring (bicyclic) bond motifs is 1. The quantitative estimate of drug-likeness (QED) is 0.220. The number of benzene rings is 2. The van der Waals surface area contributed by atoms with Crippen molar-refractivity contribution in [3.63, 3.8) is 0 Å². The van der Waals surface area contributed by atoms with E-state index in [2.05, 4.69) is 0 Å². The van der Waals surface area contributed by atoms with Gasteiger partial charge < -0.3 is 24.1 Å². The number of Topliss-reactive ketones (excluding diaryl/α,β-unsaturated/α-hetero) is 1. The van der Waals surface area contributed by atoms with E-state index in [9.17, 15) is 24.3 Å². The number of carbonyl (C=O) groups is 4. The van der Waals surface area contributed by atoms with Crippen molar-refractivity contribution in [2.24, 2.45) is 29.1 Å². The van der Waals surface area contributed by atoms with Crippen LogP contribution < -0.4 is 0 Å². The number of carbonyl (C=O) groups excluding carboxylic acids is 4. The summed E-state index contributed by atoms with van der Waals surface area (Å²) in [4.78, 5) is 53.6. The first-order valence-electron chi connectivity index (χ1n) is 15.6. The Balaban J connectivity index is 1.44. The summed E-state index contributed by atoms with van der Waals surface area (Å²) >= 11 is 0. The maximum Gasteiger partial charge on any atom is 0.338 e. The topological polar surface area (TPSA) is 129 Å². The highest BCUT2D eigenvalue weighted by Crippen LogP contribution is 2.68. The molecule has 45 heavy (non-hydrogen) atoms. The lowest BCUT2D eigenvalue weighted by molar-refractivity contribution is -0.154. The third-order valence-corrected chi connectivity index (χ3v) is 10.5. The van der Waals surface area contributed by atoms with Crippen LogP contribution in [0.3, 0.4) is 0 Å². The summed E-state index contributed by atoms with van der Waals surface area (Å²) in [7, 11) is 0. The number of ether oxygens (including phenoxy) is 4. The lowest BCUT2D eigenvalue weighted by Gasteiger charge is -2.28. The molecule has 2 saturated carbocycles. The molecule has 2 aromatic carbocycles. The van der Waals surface area contributed by atoms with Crippen LogP contribution in [-0.2, 0) is 28.5 Å². The van der Waals surface area contributed by atoms with Crippen molar-refractivity contribution in [1.82, 2.24) is 0 Å². The SMILES string of the molecule is CC(=O)O[C@@H]1[C@@H]2[C@H]([C@H](OC(=O)c3ccccc3)[C@H](O)C(C)=C[C@@]34O[C@@]3(C[C@@H](C)[C@@H]4OC(=O)c3ccccc3)C(=O)[C@@H]1C)C2(C)C. The summed E-state index contributed by atoms with van der Waals surface area (Å²) in [5.74, 6) is -3.84. The molecular weight excluding hydrogens is 576 g/mol. The van der Waals surface area contributed by atoms with Crippen LogP contribution in [0.4, 0.5) is 0 Å². The Morgan fingerprint density at radius 1 is 0.844 bits per heavy atom. The summed E-state index contributed by atoms with van der Waals surface area (Å²) in [6.45, 7) is 10.6. The maximum absolute atomic E-state index is 14.5. The fourth-order valence-electron chi connectivity index (χ4n) is 8.22. The minimum atomic E-state index is -1.36. The van der Waals surface area contributed by atoms with Crippen molar-refractivity contribution in [2.45, 2.75) is 83.6 Å². The van der Waals surface area contributed by atoms with Crippen LogP contribution in [0.1, 0.15) is 68.7 Å². The van der Waals surface area contributed by atoms with Gasteiger partial charge in [-0.15, -0.1) is 0 Å². The number of aliphatic hydroxyl groups is 1. The zero-order chi connectivity index (χ0) is 32.5. The molecule has 9 nitrogen and oxygen atoms in total. The highest BCUT2D eigenvalue weighted by atomic mass is 16.7. The predicted octanol–water partition coefficient (Wildman–Crippen LogP) is 4.72. The van der Waals surface area contributed by atoms with Crippen LogP contribution in [-0.4, -0.2) is 64.4 Å². The first kappa shape index (κ1) is 31.2. The van der Waals surface area contributed by atoms with E-state index in [0.29, 0.717) is 16.7 Å². The van der Waals surface area contributed by atoms with Crippen LogP contribution >= 0.6 is 0 Å². The normalized spacial score (nSPS) is 37.8. The molecule has 10 atom stereocenters. The second-order valence-corrected chi connectivity index (χ2v) is 13.8. The van der Waals surface area contributed by atoms with E-state index in [0.717, 1.165) is 0 Å². The number of ketones is 1. The third-order valence-electron chi connectivity index (χ3n) is 10.5. The number of aliphatic hydroxyl groups excluding tert-OH is 1. The van der Waals surface area contributed by atoms with E-state index in [4.69, 9.17) is 18.9 Å². The molecule has 9 heteroatoms. The second kappa shape index (κ2) is 10.9. The van der Waals surface area contributed by atoms with Gasteiger partial charge in [0.2, 0.25) is 0 Å². The first-order valence-corrected chi connectivity index (χ1v) is 15.6. The lowest BCUT2D eigenvalue weighted by Crippen LogP contribution is -2.43. The molecule has 2 aromatic rings. The Morgan fingerprint density at radius 2 is 1.38 bits per heavy atom. The van der Waals surface area contributed by atoms with E-state index in [1.54, 1.807) is 80.6 Å². The van der Waals surface area contributed by atoms with Gasteiger partial charge in [-0.05, 0) is 60.6 Å². The Bertz CT molecular complexity index is 1550. The summed E-state index contributed by atoms with van der Waals surface area (Å²) in [5.41, 5.74) is -2.14. The van der Waals surface area contributed by atoms with Crippen LogP contribution in [0.15, 0.2) is 72.3 Å². The van der Waals surface area contributed by atoms with Gasteiger partial charge in [0.05, 0.1) is 17.0 Å². The van der Waals surface area contributed by atoms with Gasteiger partial charge in [0, 0.05) is 18.8 Å². The van der Waals surface area contributed by atoms with Gasteiger partial charge in [-0.3, -0.25) is 9.59 Å². The van der Waals surface area contributed by atoms with Crippen LogP contribution in [0.5, 0.6) is 0 Å². The van der Waals surface area contributed by atoms with E-state index in [-0.39, 0.29) is 18.1 Å². The molecule has 1 heterocycles. The average Bonchev–Trinajstić information content (AvgIpc) is 3.81. The molecule has 1 saturated heterocycles. The first-order chi connectivity index (χ1) is 21.2. The highest BCUT2D eigenvalue weighted by molar-refractivity contribution is 5.96. The molecule has 3 fully saturated rings. The van der Waals surface area contributed by atoms with Crippen molar-refractivity contribution >= 4 is 23.7 Å². The average molecular weight is 617 g/mol. The standard InChI is InChI=1S/C36H40O9/c1-19-17-36-31(44-33(41)24-15-11-8-12-16-24)20(2)18-35(36,45-36)30(39)21(3)28(42-22(4)37)25-26(34(25,5)6)29(27(19)38)43-32(40)23-13-9-7-10-14-23/h7-17,20-21,25-29,31,38H,18H2,1-6H3/t20-,21-,25+,26-,27-,28+,29+,31+,35+,36+/m1/s1. The van der Waals surface area contributed by atoms with Crippen LogP contribution in [0.2, 0.25) is 0 Å². The molecule has 0 bridgehead atoms. The van der Waals surface area contributed by atoms with E-state index in [1.165, 1.54) is 6.92 Å². The molecule has 0 radical (unpaired) electrons. The zero-order valence-electron chi connectivity index (χ0n) is 26.4. The minimum absolute atomic E-state index is 0.251. The molecule has 3 aliphatic carbocycles. The lowest BCUT2D eigenvalue weighted by atomic mass is 9.80. The van der Waals surface area contributed by atoms with Gasteiger partial charge in [-0.1, -0.05) is 64.1 Å². The molecule has 0 amide bonds. The fourth-order valence-corrected chi connectivity index (χ4v) is 8.22. The van der Waals surface area contributed by atoms with Gasteiger partial charge in [-0.25, -0.2) is 9.59 Å². The van der Waals surface area contributed by atoms with Gasteiger partial charge in [0.15, 0.2) is 17.0 Å².